The molecule has 0 saturated heterocycles. The second kappa shape index (κ2) is 3.94. The summed E-state index contributed by atoms with van der Waals surface area (Å²) in [6.07, 6.45) is 1.57. The zero-order chi connectivity index (χ0) is 11.0. The van der Waals surface area contributed by atoms with E-state index in [-0.39, 0.29) is 11.9 Å². The Morgan fingerprint density at radius 3 is 3.00 bits per heavy atom. The second-order valence-corrected chi connectivity index (χ2v) is 4.73. The van der Waals surface area contributed by atoms with Crippen LogP contribution < -0.4 is 10.6 Å². The number of benzene rings is 1. The molecule has 1 aromatic carbocycles. The molecule has 0 aliphatic carbocycles. The fourth-order valence-corrected chi connectivity index (χ4v) is 2.29. The van der Waals surface area contributed by atoms with Crippen molar-refractivity contribution in [2.45, 2.75) is 18.9 Å². The number of fused-ring (bicyclic) bond motifs is 1. The number of amides is 1. The number of likely N-dealkylation sites (N-methyl/N-ethyl adjacent to an activating group) is 1. The van der Waals surface area contributed by atoms with Gasteiger partial charge in [-0.15, -0.1) is 0 Å². The third-order valence-corrected chi connectivity index (χ3v) is 3.27. The monoisotopic (exact) mass is 268 g/mol. The van der Waals surface area contributed by atoms with Crippen LogP contribution in [0.2, 0.25) is 0 Å². The first kappa shape index (κ1) is 10.6. The molecule has 15 heavy (non-hydrogen) atoms. The topological polar surface area (TPSA) is 46.3 Å². The van der Waals surface area contributed by atoms with E-state index in [0.717, 1.165) is 16.6 Å². The normalized spacial score (nSPS) is 21.1. The first-order valence-corrected chi connectivity index (χ1v) is 5.70. The molecule has 0 radical (unpaired) electrons. The van der Waals surface area contributed by atoms with Gasteiger partial charge >= 0.3 is 0 Å². The molecule has 3 nitrogen and oxygen atoms in total. The molecule has 0 bridgehead atoms. The quantitative estimate of drug-likeness (QED) is 0.779. The lowest BCUT2D eigenvalue weighted by atomic mass is 10.1. The highest BCUT2D eigenvalue weighted by atomic mass is 79.9. The predicted molar refractivity (Wildman–Crippen MR) is 63.8 cm³/mol. The van der Waals surface area contributed by atoms with Gasteiger partial charge in [-0.1, -0.05) is 15.9 Å². The van der Waals surface area contributed by atoms with Crippen LogP contribution in [0.3, 0.4) is 0 Å². The Morgan fingerprint density at radius 2 is 2.27 bits per heavy atom. The van der Waals surface area contributed by atoms with Crippen molar-refractivity contribution < 1.29 is 4.79 Å². The minimum atomic E-state index is -0.374. The van der Waals surface area contributed by atoms with Crippen LogP contribution in [-0.2, 0) is 11.2 Å². The summed E-state index contributed by atoms with van der Waals surface area (Å²) in [7, 11) is 1.78. The maximum absolute atomic E-state index is 11.8. The molecule has 1 aromatic rings. The molecule has 1 aliphatic heterocycles. The van der Waals surface area contributed by atoms with Gasteiger partial charge in [-0.25, -0.2) is 0 Å². The summed E-state index contributed by atoms with van der Waals surface area (Å²) >= 11 is 3.43. The van der Waals surface area contributed by atoms with Crippen molar-refractivity contribution in [1.29, 1.82) is 0 Å². The summed E-state index contributed by atoms with van der Waals surface area (Å²) in [5.74, 6) is -0.00364. The summed E-state index contributed by atoms with van der Waals surface area (Å²) in [5.41, 5.74) is 7.93. The molecule has 4 heteroatoms. The number of rotatable bonds is 0. The predicted octanol–water partition coefficient (Wildman–Crippen LogP) is 1.69. The molecule has 0 aromatic heterocycles. The fourth-order valence-electron chi connectivity index (χ4n) is 1.88. The highest BCUT2D eigenvalue weighted by Crippen LogP contribution is 2.28. The minimum Gasteiger partial charge on any atom is -0.320 e. The molecule has 80 valence electrons. The molecule has 0 spiro atoms. The van der Waals surface area contributed by atoms with Gasteiger partial charge in [-0.3, -0.25) is 4.79 Å². The average Bonchev–Trinajstić information content (AvgIpc) is 2.32. The lowest BCUT2D eigenvalue weighted by Gasteiger charge is -2.19. The molecule has 1 atom stereocenters. The number of anilines is 1. The van der Waals surface area contributed by atoms with E-state index < -0.39 is 0 Å². The number of nitrogens with two attached hydrogens (primary N) is 1. The number of carbonyl (C=O) groups is 1. The van der Waals surface area contributed by atoms with E-state index in [9.17, 15) is 4.79 Å². The van der Waals surface area contributed by atoms with Gasteiger partial charge in [-0.05, 0) is 36.6 Å². The van der Waals surface area contributed by atoms with Gasteiger partial charge in [0.25, 0.3) is 0 Å². The van der Waals surface area contributed by atoms with Crippen LogP contribution in [0, 0.1) is 0 Å². The minimum absolute atomic E-state index is 0.00364. The van der Waals surface area contributed by atoms with E-state index in [0.29, 0.717) is 6.42 Å². The van der Waals surface area contributed by atoms with Crippen LogP contribution in [0.15, 0.2) is 22.7 Å². The SMILES string of the molecule is CN1C(=O)C(N)CCc2cc(Br)ccc21. The molecule has 0 saturated carbocycles. The summed E-state index contributed by atoms with van der Waals surface area (Å²) in [4.78, 5) is 13.4. The second-order valence-electron chi connectivity index (χ2n) is 3.82. The summed E-state index contributed by atoms with van der Waals surface area (Å²) in [6, 6.07) is 5.58. The van der Waals surface area contributed by atoms with Gasteiger partial charge in [0.05, 0.1) is 6.04 Å². The van der Waals surface area contributed by atoms with E-state index in [4.69, 9.17) is 5.73 Å². The number of aryl methyl sites for hydroxylation is 1. The van der Waals surface area contributed by atoms with Gasteiger partial charge in [0.2, 0.25) is 5.91 Å². The lowest BCUT2D eigenvalue weighted by molar-refractivity contribution is -0.119. The van der Waals surface area contributed by atoms with Crippen LogP contribution in [0.4, 0.5) is 5.69 Å². The van der Waals surface area contributed by atoms with Gasteiger partial charge in [-0.2, -0.15) is 0 Å². The Bertz CT molecular complexity index is 406. The van der Waals surface area contributed by atoms with Crippen molar-refractivity contribution >= 4 is 27.5 Å². The molecule has 2 N–H and O–H groups in total. The third-order valence-electron chi connectivity index (χ3n) is 2.78. The molecular formula is C11H13BrN2O. The standard InChI is InChI=1S/C11H13BrN2O/c1-14-10-5-3-8(12)6-7(10)2-4-9(13)11(14)15/h3,5-6,9H,2,4,13H2,1H3. The van der Waals surface area contributed by atoms with Crippen molar-refractivity contribution in [3.63, 3.8) is 0 Å². The number of hydrogen-bond acceptors (Lipinski definition) is 2. The lowest BCUT2D eigenvalue weighted by Crippen LogP contribution is -2.40. The van der Waals surface area contributed by atoms with E-state index >= 15 is 0 Å². The highest BCUT2D eigenvalue weighted by molar-refractivity contribution is 9.10. The smallest absolute Gasteiger partial charge is 0.243 e. The maximum Gasteiger partial charge on any atom is 0.243 e. The number of carbonyl (C=O) groups excluding carboxylic acids is 1. The van der Waals surface area contributed by atoms with Gasteiger partial charge < -0.3 is 10.6 Å². The Hall–Kier alpha value is -0.870. The van der Waals surface area contributed by atoms with Gasteiger partial charge in [0.15, 0.2) is 0 Å². The van der Waals surface area contributed by atoms with Crippen molar-refractivity contribution in [2.75, 3.05) is 11.9 Å². The first-order valence-electron chi connectivity index (χ1n) is 4.91. The van der Waals surface area contributed by atoms with E-state index in [2.05, 4.69) is 22.0 Å². The van der Waals surface area contributed by atoms with E-state index in [1.165, 1.54) is 5.56 Å². The van der Waals surface area contributed by atoms with Crippen LogP contribution in [-0.4, -0.2) is 19.0 Å². The van der Waals surface area contributed by atoms with Crippen molar-refractivity contribution in [2.24, 2.45) is 5.73 Å². The Morgan fingerprint density at radius 1 is 1.53 bits per heavy atom. The molecule has 2 rings (SSSR count). The van der Waals surface area contributed by atoms with Crippen molar-refractivity contribution in [3.05, 3.63) is 28.2 Å². The zero-order valence-electron chi connectivity index (χ0n) is 8.53. The number of nitrogens with zero attached hydrogens (tertiary/aromatic N) is 1. The molecular weight excluding hydrogens is 256 g/mol. The molecule has 1 amide bonds. The zero-order valence-corrected chi connectivity index (χ0v) is 10.1. The van der Waals surface area contributed by atoms with Crippen LogP contribution in [0.25, 0.3) is 0 Å². The van der Waals surface area contributed by atoms with Gasteiger partial charge in [0, 0.05) is 17.2 Å². The molecule has 1 heterocycles. The highest BCUT2D eigenvalue weighted by Gasteiger charge is 2.24. The Labute approximate surface area is 97.4 Å². The van der Waals surface area contributed by atoms with Crippen LogP contribution >= 0.6 is 15.9 Å². The summed E-state index contributed by atoms with van der Waals surface area (Å²) < 4.78 is 1.04. The Balaban J connectivity index is 2.47. The molecule has 1 aliphatic rings. The average molecular weight is 269 g/mol. The first-order chi connectivity index (χ1) is 7.09. The van der Waals surface area contributed by atoms with Crippen LogP contribution in [0.1, 0.15) is 12.0 Å². The third kappa shape index (κ3) is 1.92. The number of halogens is 1. The maximum atomic E-state index is 11.8. The van der Waals surface area contributed by atoms with E-state index in [1.54, 1.807) is 11.9 Å². The van der Waals surface area contributed by atoms with Crippen LogP contribution in [0.5, 0.6) is 0 Å². The van der Waals surface area contributed by atoms with Crippen molar-refractivity contribution in [1.82, 2.24) is 0 Å². The van der Waals surface area contributed by atoms with Gasteiger partial charge in [0.1, 0.15) is 0 Å². The fraction of sp³-hybridized carbons (Fsp3) is 0.364. The van der Waals surface area contributed by atoms with Crippen molar-refractivity contribution in [3.8, 4) is 0 Å². The summed E-state index contributed by atoms with van der Waals surface area (Å²) in [6.45, 7) is 0. The largest absolute Gasteiger partial charge is 0.320 e. The summed E-state index contributed by atoms with van der Waals surface area (Å²) in [5, 5.41) is 0. The van der Waals surface area contributed by atoms with E-state index in [1.807, 2.05) is 12.1 Å². The number of hydrogen-bond donors (Lipinski definition) is 1. The molecule has 1 unspecified atom stereocenters. The Kier molecular flexibility index (Phi) is 2.80. The molecule has 0 fully saturated rings.